The molecule has 0 unspecified atom stereocenters. The lowest BCUT2D eigenvalue weighted by atomic mass is 10.2. The maximum atomic E-state index is 12.9. The van der Waals surface area contributed by atoms with Crippen LogP contribution in [0.3, 0.4) is 0 Å². The van der Waals surface area contributed by atoms with Crippen LogP contribution < -0.4 is 5.32 Å². The molecule has 18 heavy (non-hydrogen) atoms. The van der Waals surface area contributed by atoms with Crippen LogP contribution in [0.25, 0.3) is 11.5 Å². The van der Waals surface area contributed by atoms with Crippen LogP contribution in [-0.2, 0) is 6.54 Å². The van der Waals surface area contributed by atoms with Crippen LogP contribution >= 0.6 is 11.3 Å². The molecule has 0 aliphatic rings. The molecule has 0 radical (unpaired) electrons. The molecule has 0 bridgehead atoms. The minimum atomic E-state index is -2.61. The summed E-state index contributed by atoms with van der Waals surface area (Å²) in [5.41, 5.74) is 2.34. The number of nitrogens with one attached hydrogen (secondary N) is 1. The number of hydrogen-bond donors (Lipinski definition) is 1. The average molecular weight is 270 g/mol. The molecule has 0 fully saturated rings. The first-order valence-corrected chi connectivity index (χ1v) is 6.40. The Labute approximate surface area is 107 Å². The van der Waals surface area contributed by atoms with Gasteiger partial charge in [0.05, 0.1) is 5.51 Å². The third kappa shape index (κ3) is 2.85. The van der Waals surface area contributed by atoms with Gasteiger partial charge in [0.15, 0.2) is 5.82 Å². The zero-order chi connectivity index (χ0) is 13.0. The van der Waals surface area contributed by atoms with E-state index in [4.69, 9.17) is 0 Å². The molecule has 0 aromatic carbocycles. The molecule has 96 valence electrons. The fourth-order valence-electron chi connectivity index (χ4n) is 1.45. The Morgan fingerprint density at radius 3 is 2.83 bits per heavy atom. The smallest absolute Gasteiger partial charge is 0.280 e. The lowest BCUT2D eigenvalue weighted by molar-refractivity contribution is 0.144. The first kappa shape index (κ1) is 13.0. The number of halogens is 2. The van der Waals surface area contributed by atoms with Gasteiger partial charge < -0.3 is 5.32 Å². The maximum Gasteiger partial charge on any atom is 0.280 e. The van der Waals surface area contributed by atoms with Crippen LogP contribution in [0.15, 0.2) is 17.1 Å². The van der Waals surface area contributed by atoms with E-state index in [0.717, 1.165) is 0 Å². The first-order valence-electron chi connectivity index (χ1n) is 5.45. The van der Waals surface area contributed by atoms with Gasteiger partial charge in [-0.15, -0.1) is 11.3 Å². The third-order valence-corrected chi connectivity index (χ3v) is 2.92. The molecular formula is C11H12F2N4S. The second-order valence-electron chi connectivity index (χ2n) is 3.56. The van der Waals surface area contributed by atoms with E-state index in [1.807, 2.05) is 6.92 Å². The molecule has 0 aliphatic carbocycles. The molecule has 0 saturated heterocycles. The summed E-state index contributed by atoms with van der Waals surface area (Å²) in [5, 5.41) is 4.72. The van der Waals surface area contributed by atoms with Gasteiger partial charge in [-0.25, -0.2) is 23.7 Å². The molecule has 0 spiro atoms. The fraction of sp³-hybridized carbons (Fsp3) is 0.364. The van der Waals surface area contributed by atoms with Crippen molar-refractivity contribution in [3.05, 3.63) is 28.3 Å². The fourth-order valence-corrected chi connectivity index (χ4v) is 1.98. The molecule has 2 heterocycles. The number of rotatable bonds is 5. The molecule has 0 amide bonds. The molecule has 0 aliphatic heterocycles. The number of alkyl halides is 2. The van der Waals surface area contributed by atoms with Crippen molar-refractivity contribution >= 4 is 11.3 Å². The highest BCUT2D eigenvalue weighted by Gasteiger charge is 2.17. The second-order valence-corrected chi connectivity index (χ2v) is 4.28. The van der Waals surface area contributed by atoms with Crippen molar-refractivity contribution in [2.24, 2.45) is 0 Å². The molecular weight excluding hydrogens is 258 g/mol. The van der Waals surface area contributed by atoms with Gasteiger partial charge in [-0.2, -0.15) is 0 Å². The standard InChI is InChI=1S/C11H12F2N4S/c1-2-14-3-7-4-15-11(8-5-18-6-16-8)17-9(7)10(12)13/h4-6,10,14H,2-3H2,1H3. The molecule has 2 rings (SSSR count). The summed E-state index contributed by atoms with van der Waals surface area (Å²) in [4.78, 5) is 12.0. The quantitative estimate of drug-likeness (QED) is 0.907. The largest absolute Gasteiger partial charge is 0.313 e. The van der Waals surface area contributed by atoms with Crippen molar-refractivity contribution in [2.75, 3.05) is 6.54 Å². The Morgan fingerprint density at radius 1 is 1.39 bits per heavy atom. The Bertz CT molecular complexity index is 502. The Hall–Kier alpha value is -1.47. The number of nitrogens with zero attached hydrogens (tertiary/aromatic N) is 3. The third-order valence-electron chi connectivity index (χ3n) is 2.33. The van der Waals surface area contributed by atoms with Crippen LogP contribution in [0, 0.1) is 0 Å². The molecule has 0 saturated carbocycles. The second kappa shape index (κ2) is 5.92. The van der Waals surface area contributed by atoms with Crippen LogP contribution in [0.5, 0.6) is 0 Å². The predicted molar refractivity (Wildman–Crippen MR) is 65.5 cm³/mol. The topological polar surface area (TPSA) is 50.7 Å². The van der Waals surface area contributed by atoms with Gasteiger partial charge in [-0.1, -0.05) is 6.92 Å². The van der Waals surface area contributed by atoms with E-state index in [-0.39, 0.29) is 11.5 Å². The van der Waals surface area contributed by atoms with Gasteiger partial charge in [0.2, 0.25) is 0 Å². The summed E-state index contributed by atoms with van der Waals surface area (Å²) in [5.74, 6) is 0.242. The summed E-state index contributed by atoms with van der Waals surface area (Å²) in [6.45, 7) is 2.95. The van der Waals surface area contributed by atoms with Gasteiger partial charge in [0, 0.05) is 23.7 Å². The van der Waals surface area contributed by atoms with Crippen molar-refractivity contribution < 1.29 is 8.78 Å². The van der Waals surface area contributed by atoms with E-state index < -0.39 is 6.43 Å². The van der Waals surface area contributed by atoms with Crippen molar-refractivity contribution in [3.63, 3.8) is 0 Å². The van der Waals surface area contributed by atoms with E-state index in [1.54, 1.807) is 10.9 Å². The van der Waals surface area contributed by atoms with Crippen molar-refractivity contribution in [1.82, 2.24) is 20.3 Å². The van der Waals surface area contributed by atoms with E-state index in [0.29, 0.717) is 24.3 Å². The van der Waals surface area contributed by atoms with Gasteiger partial charge in [-0.05, 0) is 6.54 Å². The van der Waals surface area contributed by atoms with Crippen LogP contribution in [0.4, 0.5) is 8.78 Å². The molecule has 2 aromatic heterocycles. The molecule has 0 atom stereocenters. The van der Waals surface area contributed by atoms with Crippen LogP contribution in [-0.4, -0.2) is 21.5 Å². The lowest BCUT2D eigenvalue weighted by Crippen LogP contribution is -2.15. The molecule has 7 heteroatoms. The zero-order valence-electron chi connectivity index (χ0n) is 9.73. The van der Waals surface area contributed by atoms with E-state index in [2.05, 4.69) is 20.3 Å². The summed E-state index contributed by atoms with van der Waals surface area (Å²) in [7, 11) is 0. The summed E-state index contributed by atoms with van der Waals surface area (Å²) >= 11 is 1.38. The SMILES string of the molecule is CCNCc1cnc(-c2cscn2)nc1C(F)F. The Morgan fingerprint density at radius 2 is 2.22 bits per heavy atom. The molecule has 4 nitrogen and oxygen atoms in total. The number of thiazole rings is 1. The first-order chi connectivity index (χ1) is 8.72. The van der Waals surface area contributed by atoms with Gasteiger partial charge in [-0.3, -0.25) is 0 Å². The zero-order valence-corrected chi connectivity index (χ0v) is 10.5. The molecule has 1 N–H and O–H groups in total. The summed E-state index contributed by atoms with van der Waals surface area (Å²) < 4.78 is 25.9. The van der Waals surface area contributed by atoms with Crippen molar-refractivity contribution in [3.8, 4) is 11.5 Å². The highest BCUT2D eigenvalue weighted by atomic mass is 32.1. The predicted octanol–water partition coefficient (Wildman–Crippen LogP) is 2.65. The highest BCUT2D eigenvalue weighted by molar-refractivity contribution is 7.07. The van der Waals surface area contributed by atoms with E-state index in [1.165, 1.54) is 17.5 Å². The van der Waals surface area contributed by atoms with Crippen molar-refractivity contribution in [2.45, 2.75) is 19.9 Å². The maximum absolute atomic E-state index is 12.9. The normalized spacial score (nSPS) is 11.1. The Balaban J connectivity index is 2.34. The van der Waals surface area contributed by atoms with Gasteiger partial charge >= 0.3 is 0 Å². The minimum absolute atomic E-state index is 0.228. The van der Waals surface area contributed by atoms with Gasteiger partial charge in [0.25, 0.3) is 6.43 Å². The number of hydrogen-bond acceptors (Lipinski definition) is 5. The highest BCUT2D eigenvalue weighted by Crippen LogP contribution is 2.23. The Kier molecular flexibility index (Phi) is 4.27. The van der Waals surface area contributed by atoms with Crippen LogP contribution in [0.1, 0.15) is 24.6 Å². The summed E-state index contributed by atoms with van der Waals surface area (Å²) in [6, 6.07) is 0. The summed E-state index contributed by atoms with van der Waals surface area (Å²) in [6.07, 6.45) is -1.18. The van der Waals surface area contributed by atoms with E-state index in [9.17, 15) is 8.78 Å². The lowest BCUT2D eigenvalue weighted by Gasteiger charge is -2.09. The van der Waals surface area contributed by atoms with Crippen LogP contribution in [0.2, 0.25) is 0 Å². The average Bonchev–Trinajstić information content (AvgIpc) is 2.90. The minimum Gasteiger partial charge on any atom is -0.313 e. The molecule has 2 aromatic rings. The number of aromatic nitrogens is 3. The monoisotopic (exact) mass is 270 g/mol. The van der Waals surface area contributed by atoms with E-state index >= 15 is 0 Å². The van der Waals surface area contributed by atoms with Crippen molar-refractivity contribution in [1.29, 1.82) is 0 Å². The van der Waals surface area contributed by atoms with Gasteiger partial charge in [0.1, 0.15) is 11.4 Å².